The molecule has 1 aliphatic heterocycles. The second kappa shape index (κ2) is 5.10. The topological polar surface area (TPSA) is 38.0 Å². The molecule has 2 nitrogen and oxygen atoms in total. The first-order valence-electron chi connectivity index (χ1n) is 6.27. The summed E-state index contributed by atoms with van der Waals surface area (Å²) >= 11 is 1.89. The van der Waals surface area contributed by atoms with Crippen LogP contribution in [0.1, 0.15) is 20.3 Å². The molecule has 18 heavy (non-hydrogen) atoms. The van der Waals surface area contributed by atoms with E-state index in [1.807, 2.05) is 17.8 Å². The largest absolute Gasteiger partial charge is 0.375 e. The number of nitrogens with one attached hydrogen (secondary N) is 1. The molecular weight excluding hydrogens is 247 g/mol. The zero-order chi connectivity index (χ0) is 13.2. The van der Waals surface area contributed by atoms with Crippen molar-refractivity contribution in [2.24, 2.45) is 11.1 Å². The van der Waals surface area contributed by atoms with E-state index < -0.39 is 0 Å². The van der Waals surface area contributed by atoms with Crippen LogP contribution in [0.3, 0.4) is 0 Å². The minimum Gasteiger partial charge on any atom is -0.375 e. The van der Waals surface area contributed by atoms with Crippen molar-refractivity contribution in [2.45, 2.75) is 25.8 Å². The van der Waals surface area contributed by atoms with Gasteiger partial charge in [-0.05, 0) is 29.7 Å². The molecule has 0 spiro atoms. The van der Waals surface area contributed by atoms with Crippen molar-refractivity contribution in [3.8, 4) is 0 Å². The Morgan fingerprint density at radius 3 is 2.67 bits per heavy atom. The maximum absolute atomic E-state index is 13.7. The summed E-state index contributed by atoms with van der Waals surface area (Å²) in [6.45, 7) is 5.01. The van der Waals surface area contributed by atoms with E-state index in [1.165, 1.54) is 6.07 Å². The van der Waals surface area contributed by atoms with Crippen LogP contribution in [0.25, 0.3) is 0 Å². The number of hydrogen-bond donors (Lipinski definition) is 2. The van der Waals surface area contributed by atoms with Gasteiger partial charge in [-0.1, -0.05) is 26.0 Å². The molecule has 100 valence electrons. The smallest absolute Gasteiger partial charge is 0.146 e. The lowest BCUT2D eigenvalue weighted by Gasteiger charge is -2.45. The third kappa shape index (κ3) is 2.98. The van der Waals surface area contributed by atoms with Gasteiger partial charge in [-0.2, -0.15) is 11.8 Å². The highest BCUT2D eigenvalue weighted by molar-refractivity contribution is 7.99. The summed E-state index contributed by atoms with van der Waals surface area (Å²) in [5, 5.41) is 3.35. The predicted octanol–water partition coefficient (Wildman–Crippen LogP) is 3.10. The minimum atomic E-state index is -0.210. The molecule has 1 aromatic carbocycles. The Labute approximate surface area is 113 Å². The summed E-state index contributed by atoms with van der Waals surface area (Å²) in [6, 6.07) is 6.80. The first kappa shape index (κ1) is 13.7. The summed E-state index contributed by atoms with van der Waals surface area (Å²) < 4.78 is 13.7. The number of anilines is 1. The summed E-state index contributed by atoms with van der Waals surface area (Å²) in [4.78, 5) is 0. The van der Waals surface area contributed by atoms with Gasteiger partial charge in [0.05, 0.1) is 11.2 Å². The highest BCUT2D eigenvalue weighted by atomic mass is 32.2. The first-order chi connectivity index (χ1) is 8.46. The van der Waals surface area contributed by atoms with Crippen molar-refractivity contribution in [1.29, 1.82) is 0 Å². The number of rotatable bonds is 3. The maximum atomic E-state index is 13.7. The zero-order valence-corrected chi connectivity index (χ0v) is 11.8. The molecule has 0 saturated carbocycles. The number of benzene rings is 1. The molecular formula is C14H21FN2S. The summed E-state index contributed by atoms with van der Waals surface area (Å²) in [7, 11) is 0. The minimum absolute atomic E-state index is 0.200. The van der Waals surface area contributed by atoms with Crippen LogP contribution in [0, 0.1) is 11.2 Å². The Bertz CT molecular complexity index is 422. The van der Waals surface area contributed by atoms with E-state index >= 15 is 0 Å². The molecule has 0 aliphatic carbocycles. The van der Waals surface area contributed by atoms with E-state index in [0.717, 1.165) is 17.9 Å². The molecule has 1 unspecified atom stereocenters. The van der Waals surface area contributed by atoms with Gasteiger partial charge in [0, 0.05) is 12.3 Å². The van der Waals surface area contributed by atoms with Crippen LogP contribution in [0.15, 0.2) is 24.3 Å². The fourth-order valence-electron chi connectivity index (χ4n) is 2.65. The zero-order valence-electron chi connectivity index (χ0n) is 11.0. The molecule has 1 aliphatic rings. The van der Waals surface area contributed by atoms with Crippen molar-refractivity contribution in [3.05, 3.63) is 30.1 Å². The Morgan fingerprint density at radius 2 is 2.06 bits per heavy atom. The fourth-order valence-corrected chi connectivity index (χ4v) is 4.09. The first-order valence-corrected chi connectivity index (χ1v) is 7.42. The van der Waals surface area contributed by atoms with Gasteiger partial charge < -0.3 is 11.1 Å². The fraction of sp³-hybridized carbons (Fsp3) is 0.571. The van der Waals surface area contributed by atoms with Gasteiger partial charge in [0.2, 0.25) is 0 Å². The number of para-hydroxylation sites is 1. The number of nitrogens with two attached hydrogens (primary N) is 1. The van der Waals surface area contributed by atoms with Crippen LogP contribution in [-0.4, -0.2) is 23.6 Å². The molecule has 4 heteroatoms. The van der Waals surface area contributed by atoms with E-state index in [1.54, 1.807) is 12.1 Å². The number of thioether (sulfide) groups is 1. The van der Waals surface area contributed by atoms with Crippen LogP contribution in [0.4, 0.5) is 10.1 Å². The third-order valence-electron chi connectivity index (χ3n) is 3.35. The van der Waals surface area contributed by atoms with Crippen molar-refractivity contribution < 1.29 is 4.39 Å². The lowest BCUT2D eigenvalue weighted by Crippen LogP contribution is -2.53. The molecule has 3 N–H and O–H groups in total. The molecule has 1 aromatic rings. The summed E-state index contributed by atoms with van der Waals surface area (Å²) in [5.74, 6) is 1.85. The Kier molecular flexibility index (Phi) is 3.87. The van der Waals surface area contributed by atoms with E-state index in [-0.39, 0.29) is 16.8 Å². The van der Waals surface area contributed by atoms with Gasteiger partial charge in [-0.15, -0.1) is 0 Å². The van der Waals surface area contributed by atoms with Gasteiger partial charge in [-0.25, -0.2) is 4.39 Å². The SMILES string of the molecule is CC1(C)CSCC(CN)(Nc2ccccc2F)C1. The van der Waals surface area contributed by atoms with Gasteiger partial charge >= 0.3 is 0 Å². The van der Waals surface area contributed by atoms with Crippen molar-refractivity contribution >= 4 is 17.4 Å². The van der Waals surface area contributed by atoms with Crippen molar-refractivity contribution in [3.63, 3.8) is 0 Å². The molecule has 0 bridgehead atoms. The van der Waals surface area contributed by atoms with Crippen molar-refractivity contribution in [2.75, 3.05) is 23.4 Å². The van der Waals surface area contributed by atoms with Crippen LogP contribution in [0.5, 0.6) is 0 Å². The average Bonchev–Trinajstić information content (AvgIpc) is 2.31. The number of hydrogen-bond acceptors (Lipinski definition) is 3. The van der Waals surface area contributed by atoms with Crippen LogP contribution in [-0.2, 0) is 0 Å². The predicted molar refractivity (Wildman–Crippen MR) is 77.5 cm³/mol. The molecule has 0 radical (unpaired) electrons. The van der Waals surface area contributed by atoms with Gasteiger partial charge in [0.25, 0.3) is 0 Å². The third-order valence-corrected chi connectivity index (χ3v) is 5.09. The molecule has 1 fully saturated rings. The molecule has 2 rings (SSSR count). The van der Waals surface area contributed by atoms with Gasteiger partial charge in [0.15, 0.2) is 0 Å². The Hall–Kier alpha value is -0.740. The van der Waals surface area contributed by atoms with Crippen LogP contribution in [0.2, 0.25) is 0 Å². The Morgan fingerprint density at radius 1 is 1.33 bits per heavy atom. The highest BCUT2D eigenvalue weighted by Crippen LogP contribution is 2.40. The van der Waals surface area contributed by atoms with Gasteiger partial charge in [0.1, 0.15) is 5.82 Å². The second-order valence-corrected chi connectivity index (χ2v) is 6.91. The van der Waals surface area contributed by atoms with E-state index in [2.05, 4.69) is 19.2 Å². The lowest BCUT2D eigenvalue weighted by molar-refractivity contribution is 0.289. The summed E-state index contributed by atoms with van der Waals surface area (Å²) in [5.41, 5.74) is 6.55. The Balaban J connectivity index is 2.21. The molecule has 0 amide bonds. The van der Waals surface area contributed by atoms with Crippen molar-refractivity contribution in [1.82, 2.24) is 0 Å². The summed E-state index contributed by atoms with van der Waals surface area (Å²) in [6.07, 6.45) is 0.970. The normalized spacial score (nSPS) is 26.9. The van der Waals surface area contributed by atoms with Crippen LogP contribution >= 0.6 is 11.8 Å². The quantitative estimate of drug-likeness (QED) is 0.884. The van der Waals surface area contributed by atoms with Gasteiger partial charge in [-0.3, -0.25) is 0 Å². The van der Waals surface area contributed by atoms with E-state index in [0.29, 0.717) is 12.2 Å². The standard InChI is InChI=1S/C14H21FN2S/c1-13(2)7-14(8-16,10-18-9-13)17-12-6-4-3-5-11(12)15/h3-6,17H,7-10,16H2,1-2H3. The lowest BCUT2D eigenvalue weighted by atomic mass is 9.79. The molecule has 1 heterocycles. The second-order valence-electron chi connectivity index (χ2n) is 5.92. The maximum Gasteiger partial charge on any atom is 0.146 e. The molecule has 0 aromatic heterocycles. The number of halogens is 1. The van der Waals surface area contributed by atoms with E-state index in [4.69, 9.17) is 5.73 Å². The highest BCUT2D eigenvalue weighted by Gasteiger charge is 2.39. The van der Waals surface area contributed by atoms with E-state index in [9.17, 15) is 4.39 Å². The average molecular weight is 268 g/mol. The molecule has 1 saturated heterocycles. The molecule has 1 atom stereocenters. The van der Waals surface area contributed by atoms with Crippen LogP contribution < -0.4 is 11.1 Å². The monoisotopic (exact) mass is 268 g/mol.